The van der Waals surface area contributed by atoms with Crippen LogP contribution in [0.15, 0.2) is 12.4 Å². The van der Waals surface area contributed by atoms with Crippen molar-refractivity contribution < 1.29 is 5.11 Å². The standard InChI is InChI=1S/C16H27N5O/c1-19(2)15-16(18-7-6-17-15)21-9-8-20(11-13-3-4-13)14(12-21)5-10-22/h6-7,13-14,22H,3-5,8-12H2,1-2H3. The minimum Gasteiger partial charge on any atom is -0.396 e. The Balaban J connectivity index is 1.73. The highest BCUT2D eigenvalue weighted by Gasteiger charge is 2.33. The van der Waals surface area contributed by atoms with Crippen molar-refractivity contribution in [3.05, 3.63) is 12.4 Å². The van der Waals surface area contributed by atoms with Gasteiger partial charge >= 0.3 is 0 Å². The maximum Gasteiger partial charge on any atom is 0.172 e. The summed E-state index contributed by atoms with van der Waals surface area (Å²) in [5.74, 6) is 2.77. The molecule has 2 aliphatic rings. The summed E-state index contributed by atoms with van der Waals surface area (Å²) < 4.78 is 0. The molecule has 1 unspecified atom stereocenters. The van der Waals surface area contributed by atoms with Crippen LogP contribution in [-0.2, 0) is 0 Å². The molecule has 0 spiro atoms. The molecule has 1 aromatic heterocycles. The third kappa shape index (κ3) is 3.50. The normalized spacial score (nSPS) is 22.9. The molecule has 6 nitrogen and oxygen atoms in total. The molecule has 2 heterocycles. The van der Waals surface area contributed by atoms with Crippen LogP contribution in [0.2, 0.25) is 0 Å². The van der Waals surface area contributed by atoms with Gasteiger partial charge < -0.3 is 14.9 Å². The molecule has 0 radical (unpaired) electrons. The summed E-state index contributed by atoms with van der Waals surface area (Å²) in [5.41, 5.74) is 0. The van der Waals surface area contributed by atoms with Gasteiger partial charge in [0.1, 0.15) is 0 Å². The van der Waals surface area contributed by atoms with E-state index in [1.165, 1.54) is 19.4 Å². The Morgan fingerprint density at radius 1 is 1.23 bits per heavy atom. The Hall–Kier alpha value is -1.40. The number of nitrogens with zero attached hydrogens (tertiary/aromatic N) is 5. The van der Waals surface area contributed by atoms with E-state index in [0.29, 0.717) is 6.04 Å². The van der Waals surface area contributed by atoms with Crippen LogP contribution in [0.1, 0.15) is 19.3 Å². The molecular weight excluding hydrogens is 278 g/mol. The van der Waals surface area contributed by atoms with Crippen LogP contribution in [0, 0.1) is 5.92 Å². The molecule has 6 heteroatoms. The van der Waals surface area contributed by atoms with Crippen molar-refractivity contribution in [2.24, 2.45) is 5.92 Å². The smallest absolute Gasteiger partial charge is 0.172 e. The van der Waals surface area contributed by atoms with Crippen molar-refractivity contribution >= 4 is 11.6 Å². The number of aliphatic hydroxyl groups is 1. The zero-order valence-corrected chi connectivity index (χ0v) is 13.6. The molecule has 0 amide bonds. The maximum atomic E-state index is 9.40. The highest BCUT2D eigenvalue weighted by Crippen LogP contribution is 2.32. The van der Waals surface area contributed by atoms with Crippen LogP contribution in [0.5, 0.6) is 0 Å². The van der Waals surface area contributed by atoms with E-state index in [2.05, 4.69) is 19.8 Å². The summed E-state index contributed by atoms with van der Waals surface area (Å²) in [7, 11) is 4.00. The van der Waals surface area contributed by atoms with Gasteiger partial charge in [-0.1, -0.05) is 0 Å². The van der Waals surface area contributed by atoms with Crippen LogP contribution >= 0.6 is 0 Å². The summed E-state index contributed by atoms with van der Waals surface area (Å²) in [6.45, 7) is 4.39. The van der Waals surface area contributed by atoms with Crippen molar-refractivity contribution in [3.8, 4) is 0 Å². The van der Waals surface area contributed by atoms with Gasteiger partial charge in [-0.25, -0.2) is 9.97 Å². The molecule has 1 atom stereocenters. The average Bonchev–Trinajstić information content (AvgIpc) is 3.33. The van der Waals surface area contributed by atoms with E-state index in [0.717, 1.165) is 43.6 Å². The van der Waals surface area contributed by atoms with Crippen molar-refractivity contribution in [1.82, 2.24) is 14.9 Å². The van der Waals surface area contributed by atoms with Gasteiger partial charge in [-0.05, 0) is 25.2 Å². The van der Waals surface area contributed by atoms with E-state index in [9.17, 15) is 5.11 Å². The van der Waals surface area contributed by atoms with Gasteiger partial charge in [0.25, 0.3) is 0 Å². The van der Waals surface area contributed by atoms with Gasteiger partial charge in [0.05, 0.1) is 0 Å². The van der Waals surface area contributed by atoms with Crippen LogP contribution < -0.4 is 9.80 Å². The number of aliphatic hydroxyl groups excluding tert-OH is 1. The summed E-state index contributed by atoms with van der Waals surface area (Å²) in [5, 5.41) is 9.40. The summed E-state index contributed by atoms with van der Waals surface area (Å²) in [6, 6.07) is 0.413. The first kappa shape index (κ1) is 15.5. The lowest BCUT2D eigenvalue weighted by Gasteiger charge is -2.42. The molecule has 0 aromatic carbocycles. The Morgan fingerprint density at radius 3 is 2.68 bits per heavy atom. The predicted octanol–water partition coefficient (Wildman–Crippen LogP) is 0.826. The average molecular weight is 305 g/mol. The Morgan fingerprint density at radius 2 is 2.00 bits per heavy atom. The van der Waals surface area contributed by atoms with Gasteiger partial charge in [-0.3, -0.25) is 4.90 Å². The molecule has 1 saturated heterocycles. The molecule has 1 aliphatic carbocycles. The van der Waals surface area contributed by atoms with E-state index >= 15 is 0 Å². The molecule has 1 aromatic rings. The Kier molecular flexibility index (Phi) is 4.78. The second-order valence-corrected chi connectivity index (χ2v) is 6.65. The first-order chi connectivity index (χ1) is 10.7. The number of aromatic nitrogens is 2. The third-order valence-corrected chi connectivity index (χ3v) is 4.64. The molecule has 1 N–H and O–H groups in total. The topological polar surface area (TPSA) is 55.7 Å². The molecule has 1 saturated carbocycles. The number of anilines is 2. The van der Waals surface area contributed by atoms with E-state index in [1.54, 1.807) is 12.4 Å². The lowest BCUT2D eigenvalue weighted by Crippen LogP contribution is -2.54. The predicted molar refractivity (Wildman–Crippen MR) is 88.4 cm³/mol. The summed E-state index contributed by atoms with van der Waals surface area (Å²) in [6.07, 6.45) is 7.09. The van der Waals surface area contributed by atoms with Gasteiger partial charge in [0.2, 0.25) is 0 Å². The van der Waals surface area contributed by atoms with E-state index in [1.807, 2.05) is 19.0 Å². The number of rotatable bonds is 6. The van der Waals surface area contributed by atoms with E-state index in [4.69, 9.17) is 0 Å². The van der Waals surface area contributed by atoms with Gasteiger partial charge in [0, 0.05) is 65.3 Å². The Bertz CT molecular complexity index is 491. The molecular formula is C16H27N5O. The zero-order valence-electron chi connectivity index (χ0n) is 13.6. The second-order valence-electron chi connectivity index (χ2n) is 6.65. The lowest BCUT2D eigenvalue weighted by atomic mass is 10.1. The quantitative estimate of drug-likeness (QED) is 0.840. The van der Waals surface area contributed by atoms with Crippen molar-refractivity contribution in [2.75, 3.05) is 56.7 Å². The van der Waals surface area contributed by atoms with Crippen LogP contribution in [0.4, 0.5) is 11.6 Å². The summed E-state index contributed by atoms with van der Waals surface area (Å²) in [4.78, 5) is 15.9. The fourth-order valence-corrected chi connectivity index (χ4v) is 3.24. The van der Waals surface area contributed by atoms with E-state index in [-0.39, 0.29) is 6.61 Å². The van der Waals surface area contributed by atoms with Crippen molar-refractivity contribution in [2.45, 2.75) is 25.3 Å². The maximum absolute atomic E-state index is 9.40. The monoisotopic (exact) mass is 305 g/mol. The minimum absolute atomic E-state index is 0.251. The van der Waals surface area contributed by atoms with Crippen LogP contribution in [0.3, 0.4) is 0 Å². The van der Waals surface area contributed by atoms with Crippen LogP contribution in [0.25, 0.3) is 0 Å². The summed E-state index contributed by atoms with van der Waals surface area (Å²) >= 11 is 0. The number of hydrogen-bond acceptors (Lipinski definition) is 6. The highest BCUT2D eigenvalue weighted by atomic mass is 16.3. The van der Waals surface area contributed by atoms with Crippen molar-refractivity contribution in [3.63, 3.8) is 0 Å². The fourth-order valence-electron chi connectivity index (χ4n) is 3.24. The largest absolute Gasteiger partial charge is 0.396 e. The fraction of sp³-hybridized carbons (Fsp3) is 0.750. The molecule has 122 valence electrons. The lowest BCUT2D eigenvalue weighted by molar-refractivity contribution is 0.137. The third-order valence-electron chi connectivity index (χ3n) is 4.64. The highest BCUT2D eigenvalue weighted by molar-refractivity contribution is 5.61. The molecule has 2 fully saturated rings. The van der Waals surface area contributed by atoms with Crippen LogP contribution in [-0.4, -0.2) is 72.9 Å². The SMILES string of the molecule is CN(C)c1nccnc1N1CCN(CC2CC2)C(CCO)C1. The molecule has 0 bridgehead atoms. The second kappa shape index (κ2) is 6.79. The van der Waals surface area contributed by atoms with Gasteiger partial charge in [0.15, 0.2) is 11.6 Å². The van der Waals surface area contributed by atoms with Gasteiger partial charge in [-0.2, -0.15) is 0 Å². The van der Waals surface area contributed by atoms with Crippen molar-refractivity contribution in [1.29, 1.82) is 0 Å². The first-order valence-electron chi connectivity index (χ1n) is 8.27. The number of hydrogen-bond donors (Lipinski definition) is 1. The van der Waals surface area contributed by atoms with Gasteiger partial charge in [-0.15, -0.1) is 0 Å². The Labute approximate surface area is 132 Å². The molecule has 3 rings (SSSR count). The molecule has 1 aliphatic heterocycles. The first-order valence-corrected chi connectivity index (χ1v) is 8.27. The molecule has 22 heavy (non-hydrogen) atoms. The zero-order chi connectivity index (χ0) is 15.5. The van der Waals surface area contributed by atoms with E-state index < -0.39 is 0 Å². The minimum atomic E-state index is 0.251. The number of piperazine rings is 1.